The number of nitrogens with zero attached hydrogens (tertiary/aromatic N) is 2. The summed E-state index contributed by atoms with van der Waals surface area (Å²) in [7, 11) is -2.10. The second kappa shape index (κ2) is 8.18. The van der Waals surface area contributed by atoms with Crippen molar-refractivity contribution in [3.63, 3.8) is 0 Å². The minimum absolute atomic E-state index is 0.00426. The lowest BCUT2D eigenvalue weighted by Gasteiger charge is -2.07. The molecule has 31 heavy (non-hydrogen) atoms. The van der Waals surface area contributed by atoms with E-state index in [0.717, 1.165) is 16.4 Å². The summed E-state index contributed by atoms with van der Waals surface area (Å²) in [4.78, 5) is 19.0. The fourth-order valence-corrected chi connectivity index (χ4v) is 9.79. The van der Waals surface area contributed by atoms with Gasteiger partial charge in [-0.3, -0.25) is 9.78 Å². The van der Waals surface area contributed by atoms with E-state index in [1.807, 2.05) is 30.5 Å². The zero-order valence-corrected chi connectivity index (χ0v) is 18.9. The summed E-state index contributed by atoms with van der Waals surface area (Å²) < 4.78 is 27.8. The number of hydrogen-bond donors (Lipinski definition) is 0. The van der Waals surface area contributed by atoms with E-state index in [1.54, 1.807) is 59.5 Å². The number of ketones is 1. The molecule has 156 valence electrons. The minimum Gasteiger partial charge on any atom is -0.294 e. The predicted molar refractivity (Wildman–Crippen MR) is 126 cm³/mol. The molecule has 0 saturated carbocycles. The first kappa shape index (κ1) is 20.4. The number of rotatable bonds is 5. The van der Waals surface area contributed by atoms with E-state index in [0.29, 0.717) is 16.5 Å². The molecule has 1 aliphatic rings. The van der Waals surface area contributed by atoms with E-state index in [-0.39, 0.29) is 26.5 Å². The highest BCUT2D eigenvalue weighted by Crippen LogP contribution is 2.38. The summed E-state index contributed by atoms with van der Waals surface area (Å²) >= 11 is 0. The van der Waals surface area contributed by atoms with Crippen LogP contribution in [0.25, 0.3) is 10.9 Å². The van der Waals surface area contributed by atoms with E-state index in [1.165, 1.54) is 10.2 Å². The van der Waals surface area contributed by atoms with Crippen LogP contribution in [0, 0.1) is 5.92 Å². The maximum atomic E-state index is 13.5. The van der Waals surface area contributed by atoms with Crippen molar-refractivity contribution < 1.29 is 13.2 Å². The van der Waals surface area contributed by atoms with E-state index in [4.69, 9.17) is 0 Å². The minimum atomic E-state index is -3.80. The van der Waals surface area contributed by atoms with Gasteiger partial charge in [0.15, 0.2) is 10.7 Å². The molecule has 2 aromatic carbocycles. The van der Waals surface area contributed by atoms with Gasteiger partial charge in [0.1, 0.15) is 5.75 Å². The Labute approximate surface area is 187 Å². The standard InChI is InChI=1S/C23H19N2O3S3/c26-23(17-15-29-30(16-17)18-7-6-12-24-13-18)21-14-25(22-11-5-4-10-20(21)22)31(27,28)19-8-2-1-3-9-19/h1-14,17H,15-16H2/q+1. The Morgan fingerprint density at radius 2 is 1.81 bits per heavy atom. The van der Waals surface area contributed by atoms with Crippen molar-refractivity contribution in [2.45, 2.75) is 9.79 Å². The lowest BCUT2D eigenvalue weighted by molar-refractivity contribution is 0.0946. The Bertz CT molecular complexity index is 1350. The highest BCUT2D eigenvalue weighted by molar-refractivity contribution is 8.74. The summed E-state index contributed by atoms with van der Waals surface area (Å²) in [6, 6.07) is 19.5. The first-order chi connectivity index (χ1) is 15.1. The number of benzene rings is 2. The molecule has 0 amide bonds. The van der Waals surface area contributed by atoms with Crippen LogP contribution in [0.15, 0.2) is 95.1 Å². The quantitative estimate of drug-likeness (QED) is 0.247. The molecule has 0 N–H and O–H groups in total. The van der Waals surface area contributed by atoms with Gasteiger partial charge in [-0.1, -0.05) is 36.4 Å². The first-order valence-electron chi connectivity index (χ1n) is 9.75. The summed E-state index contributed by atoms with van der Waals surface area (Å²) in [5.74, 6) is 1.33. The Morgan fingerprint density at radius 3 is 2.58 bits per heavy atom. The second-order valence-corrected chi connectivity index (χ2v) is 13.0. The van der Waals surface area contributed by atoms with Crippen LogP contribution in [0.2, 0.25) is 0 Å². The fourth-order valence-electron chi connectivity index (χ4n) is 3.71. The van der Waals surface area contributed by atoms with Crippen molar-refractivity contribution in [1.82, 2.24) is 8.96 Å². The lowest BCUT2D eigenvalue weighted by Crippen LogP contribution is -2.18. The highest BCUT2D eigenvalue weighted by atomic mass is 33.1. The van der Waals surface area contributed by atoms with Crippen molar-refractivity contribution in [2.24, 2.45) is 5.92 Å². The van der Waals surface area contributed by atoms with Gasteiger partial charge in [0.2, 0.25) is 0 Å². The third kappa shape index (κ3) is 3.69. The van der Waals surface area contributed by atoms with Crippen LogP contribution in [-0.4, -0.2) is 34.7 Å². The zero-order valence-electron chi connectivity index (χ0n) is 16.4. The number of para-hydroxylation sites is 1. The molecule has 0 spiro atoms. The van der Waals surface area contributed by atoms with Crippen molar-refractivity contribution in [1.29, 1.82) is 0 Å². The van der Waals surface area contributed by atoms with E-state index in [2.05, 4.69) is 4.98 Å². The van der Waals surface area contributed by atoms with Gasteiger partial charge in [-0.25, -0.2) is 12.4 Å². The maximum absolute atomic E-state index is 13.5. The fraction of sp³-hybridized carbons (Fsp3) is 0.130. The van der Waals surface area contributed by atoms with Crippen LogP contribution in [0.1, 0.15) is 10.4 Å². The van der Waals surface area contributed by atoms with Crippen LogP contribution < -0.4 is 0 Å². The third-order valence-electron chi connectivity index (χ3n) is 5.28. The topological polar surface area (TPSA) is 69.0 Å². The molecular weight excluding hydrogens is 448 g/mol. The monoisotopic (exact) mass is 467 g/mol. The van der Waals surface area contributed by atoms with Crippen LogP contribution >= 0.6 is 10.8 Å². The van der Waals surface area contributed by atoms with Crippen molar-refractivity contribution in [3.05, 3.63) is 90.9 Å². The number of aromatic nitrogens is 2. The Hall–Kier alpha value is -2.55. The summed E-state index contributed by atoms with van der Waals surface area (Å²) in [6.07, 6.45) is 5.11. The number of hydrogen-bond acceptors (Lipinski definition) is 5. The van der Waals surface area contributed by atoms with E-state index >= 15 is 0 Å². The van der Waals surface area contributed by atoms with Crippen LogP contribution in [0.5, 0.6) is 0 Å². The molecule has 5 nitrogen and oxygen atoms in total. The third-order valence-corrected chi connectivity index (χ3v) is 11.5. The molecule has 1 saturated heterocycles. The van der Waals surface area contributed by atoms with Gasteiger partial charge in [-0.15, -0.1) is 0 Å². The SMILES string of the molecule is O=C(c1cn(S(=O)(=O)c2ccccc2)c2ccccc12)C1CS[S+](c2cccnc2)C1. The number of fused-ring (bicyclic) bond motifs is 1. The predicted octanol–water partition coefficient (Wildman–Crippen LogP) is 4.41. The van der Waals surface area contributed by atoms with Gasteiger partial charge < -0.3 is 0 Å². The molecule has 3 heterocycles. The summed E-state index contributed by atoms with van der Waals surface area (Å²) in [6.45, 7) is 0. The number of carbonyl (C=O) groups excluding carboxylic acids is 1. The zero-order chi connectivity index (χ0) is 21.4. The molecule has 0 bridgehead atoms. The molecule has 4 aromatic rings. The molecule has 2 unspecified atom stereocenters. The summed E-state index contributed by atoms with van der Waals surface area (Å²) in [5, 5.41) is 0.671. The number of pyridine rings is 1. The molecular formula is C23H19N2O3S3+. The summed E-state index contributed by atoms with van der Waals surface area (Å²) in [5.41, 5.74) is 0.990. The van der Waals surface area contributed by atoms with E-state index < -0.39 is 10.0 Å². The first-order valence-corrected chi connectivity index (χ1v) is 14.1. The molecule has 2 aromatic heterocycles. The van der Waals surface area contributed by atoms with Crippen molar-refractivity contribution >= 4 is 47.4 Å². The molecule has 8 heteroatoms. The maximum Gasteiger partial charge on any atom is 0.268 e. The lowest BCUT2D eigenvalue weighted by atomic mass is 10.0. The largest absolute Gasteiger partial charge is 0.294 e. The van der Waals surface area contributed by atoms with Crippen LogP contribution in [-0.2, 0) is 20.0 Å². The van der Waals surface area contributed by atoms with Crippen molar-refractivity contribution in [2.75, 3.05) is 11.5 Å². The Balaban J connectivity index is 1.52. The molecule has 1 fully saturated rings. The van der Waals surface area contributed by atoms with Crippen LogP contribution in [0.4, 0.5) is 0 Å². The van der Waals surface area contributed by atoms with Crippen molar-refractivity contribution in [3.8, 4) is 0 Å². The number of carbonyl (C=O) groups is 1. The molecule has 0 radical (unpaired) electrons. The molecule has 1 aliphatic heterocycles. The van der Waals surface area contributed by atoms with Gasteiger partial charge in [0.25, 0.3) is 10.0 Å². The molecule has 0 aliphatic carbocycles. The average Bonchev–Trinajstić information content (AvgIpc) is 3.46. The number of Topliss-reactive ketones (excluding diaryl/α,β-unsaturated/α-hetero) is 1. The second-order valence-electron chi connectivity index (χ2n) is 7.22. The van der Waals surface area contributed by atoms with Gasteiger partial charge in [-0.2, -0.15) is 0 Å². The normalized spacial score (nSPS) is 19.0. The average molecular weight is 468 g/mol. The Morgan fingerprint density at radius 1 is 1.03 bits per heavy atom. The Kier molecular flexibility index (Phi) is 5.37. The van der Waals surface area contributed by atoms with E-state index in [9.17, 15) is 13.2 Å². The highest BCUT2D eigenvalue weighted by Gasteiger charge is 2.42. The smallest absolute Gasteiger partial charge is 0.268 e. The van der Waals surface area contributed by atoms with Gasteiger partial charge in [-0.05, 0) is 30.3 Å². The van der Waals surface area contributed by atoms with Crippen LogP contribution in [0.3, 0.4) is 0 Å². The van der Waals surface area contributed by atoms with Gasteiger partial charge >= 0.3 is 0 Å². The molecule has 2 atom stereocenters. The van der Waals surface area contributed by atoms with Gasteiger partial charge in [0.05, 0.1) is 49.0 Å². The molecule has 5 rings (SSSR count). The van der Waals surface area contributed by atoms with Gasteiger partial charge in [0, 0.05) is 23.3 Å².